The third kappa shape index (κ3) is 3.44. The summed E-state index contributed by atoms with van der Waals surface area (Å²) in [5.41, 5.74) is 4.57. The van der Waals surface area contributed by atoms with E-state index < -0.39 is 5.41 Å². The summed E-state index contributed by atoms with van der Waals surface area (Å²) in [6.45, 7) is 4.35. The van der Waals surface area contributed by atoms with Gasteiger partial charge in [-0.3, -0.25) is 4.68 Å². The molecule has 1 aliphatic carbocycles. The molecule has 3 atom stereocenters. The zero-order chi connectivity index (χ0) is 22.6. The van der Waals surface area contributed by atoms with Gasteiger partial charge in [-0.05, 0) is 51.2 Å². The number of aryl methyl sites for hydroxylation is 1. The average Bonchev–Trinajstić information content (AvgIpc) is 3.37. The molecule has 0 amide bonds. The van der Waals surface area contributed by atoms with Crippen molar-refractivity contribution in [3.8, 4) is 17.5 Å². The molecule has 33 heavy (non-hydrogen) atoms. The fourth-order valence-corrected chi connectivity index (χ4v) is 5.17. The number of morpholine rings is 1. The number of nitriles is 1. The highest BCUT2D eigenvalue weighted by molar-refractivity contribution is 5.92. The maximum atomic E-state index is 10.0. The second-order valence-electron chi connectivity index (χ2n) is 9.49. The first-order valence-corrected chi connectivity index (χ1v) is 11.9. The number of nitrogens with zero attached hydrogens (tertiary/aromatic N) is 6. The summed E-state index contributed by atoms with van der Waals surface area (Å²) in [7, 11) is 1.92. The van der Waals surface area contributed by atoms with E-state index in [2.05, 4.69) is 24.4 Å². The van der Waals surface area contributed by atoms with Crippen molar-refractivity contribution < 1.29 is 9.47 Å². The number of hydrogen-bond donors (Lipinski definition) is 1. The Morgan fingerprint density at radius 2 is 2.09 bits per heavy atom. The van der Waals surface area contributed by atoms with Crippen LogP contribution < -0.4 is 5.32 Å². The van der Waals surface area contributed by atoms with E-state index in [0.717, 1.165) is 78.9 Å². The Morgan fingerprint density at radius 3 is 2.82 bits per heavy atom. The largest absolute Gasteiger partial charge is 0.369 e. The fraction of sp³-hybridized carbons (Fsp3) is 0.583. The molecule has 1 N–H and O–H groups in total. The highest BCUT2D eigenvalue weighted by atomic mass is 16.5. The van der Waals surface area contributed by atoms with Crippen LogP contribution in [0.1, 0.15) is 62.6 Å². The number of ether oxygens (including phenoxy) is 2. The first kappa shape index (κ1) is 20.8. The van der Waals surface area contributed by atoms with Gasteiger partial charge in [0, 0.05) is 38.0 Å². The topological polar surface area (TPSA) is 103 Å². The molecule has 3 aromatic heterocycles. The summed E-state index contributed by atoms with van der Waals surface area (Å²) >= 11 is 0. The molecule has 5 heterocycles. The molecule has 2 unspecified atom stereocenters. The monoisotopic (exact) mass is 447 g/mol. The minimum atomic E-state index is -0.471. The number of rotatable bonds is 4. The van der Waals surface area contributed by atoms with E-state index in [4.69, 9.17) is 24.7 Å². The molecule has 2 saturated heterocycles. The Labute approximate surface area is 192 Å². The van der Waals surface area contributed by atoms with E-state index in [1.165, 1.54) is 0 Å². The normalized spacial score (nSPS) is 26.9. The van der Waals surface area contributed by atoms with Crippen LogP contribution in [0.25, 0.3) is 22.4 Å². The van der Waals surface area contributed by atoms with E-state index in [1.54, 1.807) is 0 Å². The predicted molar refractivity (Wildman–Crippen MR) is 121 cm³/mol. The van der Waals surface area contributed by atoms with Crippen LogP contribution in [0.3, 0.4) is 0 Å². The van der Waals surface area contributed by atoms with Crippen LogP contribution in [0.5, 0.6) is 0 Å². The molecule has 3 fully saturated rings. The molecular formula is C24H29N7O2. The van der Waals surface area contributed by atoms with Crippen molar-refractivity contribution in [3.63, 3.8) is 0 Å². The molecule has 6 rings (SSSR count). The minimum Gasteiger partial charge on any atom is -0.369 e. The number of nitrogens with one attached hydrogen (secondary N) is 1. The van der Waals surface area contributed by atoms with Crippen molar-refractivity contribution in [1.82, 2.24) is 29.9 Å². The van der Waals surface area contributed by atoms with Crippen LogP contribution in [-0.4, -0.2) is 50.3 Å². The molecule has 9 nitrogen and oxygen atoms in total. The number of hydrogen-bond acceptors (Lipinski definition) is 7. The van der Waals surface area contributed by atoms with Crippen molar-refractivity contribution in [2.75, 3.05) is 19.8 Å². The first-order chi connectivity index (χ1) is 16.1. The molecule has 3 aliphatic rings. The predicted octanol–water partition coefficient (Wildman–Crippen LogP) is 3.14. The van der Waals surface area contributed by atoms with E-state index in [-0.39, 0.29) is 18.4 Å². The van der Waals surface area contributed by atoms with Crippen LogP contribution in [-0.2, 0) is 21.9 Å². The van der Waals surface area contributed by atoms with Gasteiger partial charge in [0.25, 0.3) is 0 Å². The van der Waals surface area contributed by atoms with Crippen LogP contribution in [0.2, 0.25) is 0 Å². The Morgan fingerprint density at radius 1 is 1.21 bits per heavy atom. The Bertz CT molecular complexity index is 1230. The molecule has 9 heteroatoms. The zero-order valence-electron chi connectivity index (χ0n) is 19.1. The Balaban J connectivity index is 1.49. The summed E-state index contributed by atoms with van der Waals surface area (Å²) in [6, 6.07) is 6.75. The molecule has 0 spiro atoms. The maximum absolute atomic E-state index is 10.0. The van der Waals surface area contributed by atoms with Crippen molar-refractivity contribution in [2.24, 2.45) is 7.05 Å². The Kier molecular flexibility index (Phi) is 4.98. The summed E-state index contributed by atoms with van der Waals surface area (Å²) in [5.74, 6) is 0. The molecular weight excluding hydrogens is 418 g/mol. The van der Waals surface area contributed by atoms with E-state index >= 15 is 0 Å². The first-order valence-electron chi connectivity index (χ1n) is 11.9. The smallest absolute Gasteiger partial charge is 0.150 e. The van der Waals surface area contributed by atoms with Crippen molar-refractivity contribution in [1.29, 1.82) is 5.26 Å². The molecule has 0 radical (unpaired) electrons. The lowest BCUT2D eigenvalue weighted by Gasteiger charge is -2.30. The SMILES string of the molecule is CC1NCCO[C@H]1c1cc(C2(C#N)CC2)c2c(n1)c(-c1ccn(C3CCCCO3)n1)nn2C. The molecule has 2 aliphatic heterocycles. The van der Waals surface area contributed by atoms with E-state index in [9.17, 15) is 5.26 Å². The molecule has 0 aromatic carbocycles. The van der Waals surface area contributed by atoms with Crippen molar-refractivity contribution in [3.05, 3.63) is 29.6 Å². The van der Waals surface area contributed by atoms with Gasteiger partial charge in [-0.2, -0.15) is 15.5 Å². The van der Waals surface area contributed by atoms with E-state index in [1.807, 2.05) is 28.7 Å². The summed E-state index contributed by atoms with van der Waals surface area (Å²) in [4.78, 5) is 5.07. The second kappa shape index (κ2) is 7.90. The van der Waals surface area contributed by atoms with Gasteiger partial charge in [0.2, 0.25) is 0 Å². The van der Waals surface area contributed by atoms with Crippen LogP contribution in [0.4, 0.5) is 0 Å². The summed E-state index contributed by atoms with van der Waals surface area (Å²) in [6.07, 6.45) is 6.68. The lowest BCUT2D eigenvalue weighted by Crippen LogP contribution is -2.41. The van der Waals surface area contributed by atoms with Gasteiger partial charge in [-0.15, -0.1) is 0 Å². The molecule has 172 valence electrons. The lowest BCUT2D eigenvalue weighted by atomic mass is 9.93. The number of pyridine rings is 1. The van der Waals surface area contributed by atoms with E-state index in [0.29, 0.717) is 6.61 Å². The molecule has 3 aromatic rings. The maximum Gasteiger partial charge on any atom is 0.150 e. The van der Waals surface area contributed by atoms with Gasteiger partial charge < -0.3 is 14.8 Å². The third-order valence-corrected chi connectivity index (χ3v) is 7.20. The van der Waals surface area contributed by atoms with Crippen LogP contribution in [0, 0.1) is 11.3 Å². The standard InChI is InChI=1S/C24H29N7O2/c1-15-23(33-12-9-26-15)18-13-16(24(14-25)7-8-24)22-21(27-18)20(29-30(22)2)17-6-10-31(28-17)19-5-3-4-11-32-19/h6,10,13,15,19,23,26H,3-5,7-9,11-12H2,1-2H3/t15?,19?,23-/m1/s1. The highest BCUT2D eigenvalue weighted by Crippen LogP contribution is 2.50. The fourth-order valence-electron chi connectivity index (χ4n) is 5.17. The zero-order valence-corrected chi connectivity index (χ0v) is 19.1. The number of fused-ring (bicyclic) bond motifs is 1. The third-order valence-electron chi connectivity index (χ3n) is 7.20. The summed E-state index contributed by atoms with van der Waals surface area (Å²) < 4.78 is 15.8. The summed E-state index contributed by atoms with van der Waals surface area (Å²) in [5, 5.41) is 23.1. The number of aromatic nitrogens is 5. The Hall–Kier alpha value is -2.80. The lowest BCUT2D eigenvalue weighted by molar-refractivity contribution is -0.0393. The second-order valence-corrected chi connectivity index (χ2v) is 9.49. The minimum absolute atomic E-state index is 0.0301. The van der Waals surface area contributed by atoms with Crippen molar-refractivity contribution >= 4 is 11.0 Å². The van der Waals surface area contributed by atoms with Gasteiger partial charge in [0.1, 0.15) is 29.2 Å². The van der Waals surface area contributed by atoms with Crippen molar-refractivity contribution in [2.45, 2.75) is 62.8 Å². The highest BCUT2D eigenvalue weighted by Gasteiger charge is 2.47. The van der Waals surface area contributed by atoms with Gasteiger partial charge in [-0.1, -0.05) is 0 Å². The van der Waals surface area contributed by atoms with Crippen LogP contribution >= 0.6 is 0 Å². The van der Waals surface area contributed by atoms with Crippen LogP contribution in [0.15, 0.2) is 18.3 Å². The van der Waals surface area contributed by atoms with Gasteiger partial charge in [0.15, 0.2) is 0 Å². The van der Waals surface area contributed by atoms with Gasteiger partial charge in [0.05, 0.1) is 29.3 Å². The molecule has 0 bridgehead atoms. The molecule has 1 saturated carbocycles. The van der Waals surface area contributed by atoms with Gasteiger partial charge >= 0.3 is 0 Å². The quantitative estimate of drug-likeness (QED) is 0.655. The van der Waals surface area contributed by atoms with Gasteiger partial charge in [-0.25, -0.2) is 9.67 Å². The average molecular weight is 448 g/mol.